The summed E-state index contributed by atoms with van der Waals surface area (Å²) < 4.78 is 6.92. The van der Waals surface area contributed by atoms with Crippen LogP contribution in [0.2, 0.25) is 10.0 Å². The van der Waals surface area contributed by atoms with Gasteiger partial charge in [-0.15, -0.1) is 0 Å². The Hall–Kier alpha value is -2.53. The molecule has 1 amide bonds. The molecule has 0 atom stereocenters. The number of carbonyl (C=O) groups excluding carboxylic acids is 1. The van der Waals surface area contributed by atoms with Gasteiger partial charge < -0.3 is 10.1 Å². The highest BCUT2D eigenvalue weighted by Crippen LogP contribution is 2.35. The van der Waals surface area contributed by atoms with Crippen molar-refractivity contribution in [2.75, 3.05) is 5.32 Å². The molecule has 0 spiro atoms. The molecule has 0 fully saturated rings. The summed E-state index contributed by atoms with van der Waals surface area (Å²) in [7, 11) is 0. The van der Waals surface area contributed by atoms with Crippen LogP contribution in [0.3, 0.4) is 0 Å². The van der Waals surface area contributed by atoms with Gasteiger partial charge in [0.25, 0.3) is 5.91 Å². The van der Waals surface area contributed by atoms with Gasteiger partial charge in [0.15, 0.2) is 5.75 Å². The fourth-order valence-electron chi connectivity index (χ4n) is 2.69. The minimum Gasteiger partial charge on any atom is -0.486 e. The van der Waals surface area contributed by atoms with E-state index in [0.29, 0.717) is 33.7 Å². The third-order valence-corrected chi connectivity index (χ3v) is 5.58. The van der Waals surface area contributed by atoms with Crippen molar-refractivity contribution >= 4 is 63.5 Å². The largest absolute Gasteiger partial charge is 0.486 e. The number of aryl methyl sites for hydroxylation is 1. The molecule has 156 valence electrons. The van der Waals surface area contributed by atoms with E-state index in [1.54, 1.807) is 24.3 Å². The van der Waals surface area contributed by atoms with Gasteiger partial charge in [-0.3, -0.25) is 4.79 Å². The quantitative estimate of drug-likeness (QED) is 0.199. The number of nitrogens with zero attached hydrogens (tertiary/aromatic N) is 1. The van der Waals surface area contributed by atoms with E-state index < -0.39 is 5.91 Å². The van der Waals surface area contributed by atoms with Crippen LogP contribution in [0.4, 0.5) is 5.69 Å². The van der Waals surface area contributed by atoms with Crippen molar-refractivity contribution in [1.29, 1.82) is 5.26 Å². The SMILES string of the molecule is Cc1ccc(NC(=O)/C(C#N)=C/c2cc(Cl)c(OCc3ccc(I)cc3)c(Cl)c2)cc1. The van der Waals surface area contributed by atoms with Crippen LogP contribution in [0.5, 0.6) is 5.75 Å². The Labute approximate surface area is 204 Å². The number of benzene rings is 3. The standard InChI is InChI=1S/C24H17Cl2IN2O2/c1-15-2-8-20(9-3-15)29-24(30)18(13-28)10-17-11-21(25)23(22(26)12-17)31-14-16-4-6-19(27)7-5-16/h2-12H,14H2,1H3,(H,29,30)/b18-10+. The predicted octanol–water partition coefficient (Wildman–Crippen LogP) is 7.03. The molecule has 0 radical (unpaired) electrons. The van der Waals surface area contributed by atoms with E-state index in [0.717, 1.165) is 14.7 Å². The van der Waals surface area contributed by atoms with Crippen molar-refractivity contribution in [2.24, 2.45) is 0 Å². The molecule has 0 unspecified atom stereocenters. The summed E-state index contributed by atoms with van der Waals surface area (Å²) in [6.45, 7) is 2.27. The summed E-state index contributed by atoms with van der Waals surface area (Å²) in [5.41, 5.74) is 3.11. The van der Waals surface area contributed by atoms with Crippen LogP contribution in [0.15, 0.2) is 66.2 Å². The molecule has 4 nitrogen and oxygen atoms in total. The van der Waals surface area contributed by atoms with Gasteiger partial charge in [0.2, 0.25) is 0 Å². The summed E-state index contributed by atoms with van der Waals surface area (Å²) >= 11 is 14.9. The maximum atomic E-state index is 12.5. The van der Waals surface area contributed by atoms with E-state index in [9.17, 15) is 10.1 Å². The van der Waals surface area contributed by atoms with E-state index in [4.69, 9.17) is 27.9 Å². The van der Waals surface area contributed by atoms with Crippen molar-refractivity contribution in [3.05, 3.63) is 96.5 Å². The number of hydrogen-bond acceptors (Lipinski definition) is 3. The number of ether oxygens (including phenoxy) is 1. The number of rotatable bonds is 6. The molecular formula is C24H17Cl2IN2O2. The third-order valence-electron chi connectivity index (χ3n) is 4.30. The molecule has 0 saturated heterocycles. The van der Waals surface area contributed by atoms with Crippen molar-refractivity contribution in [1.82, 2.24) is 0 Å². The van der Waals surface area contributed by atoms with Crippen LogP contribution in [0, 0.1) is 21.8 Å². The zero-order valence-electron chi connectivity index (χ0n) is 16.5. The van der Waals surface area contributed by atoms with Gasteiger partial charge in [0, 0.05) is 9.26 Å². The number of anilines is 1. The van der Waals surface area contributed by atoms with Gasteiger partial charge in [0.1, 0.15) is 18.2 Å². The van der Waals surface area contributed by atoms with Gasteiger partial charge in [-0.1, -0.05) is 53.0 Å². The van der Waals surface area contributed by atoms with E-state index >= 15 is 0 Å². The average molecular weight is 563 g/mol. The minimum absolute atomic E-state index is 0.0692. The number of amides is 1. The van der Waals surface area contributed by atoms with Crippen molar-refractivity contribution in [2.45, 2.75) is 13.5 Å². The van der Waals surface area contributed by atoms with Crippen LogP contribution in [-0.2, 0) is 11.4 Å². The Bertz CT molecular complexity index is 1140. The summed E-state index contributed by atoms with van der Waals surface area (Å²) in [5.74, 6) is -0.167. The summed E-state index contributed by atoms with van der Waals surface area (Å²) in [5, 5.41) is 12.7. The maximum Gasteiger partial charge on any atom is 0.266 e. The zero-order chi connectivity index (χ0) is 22.4. The van der Waals surface area contributed by atoms with Gasteiger partial charge in [-0.2, -0.15) is 5.26 Å². The van der Waals surface area contributed by atoms with Crippen molar-refractivity contribution in [3.8, 4) is 11.8 Å². The summed E-state index contributed by atoms with van der Waals surface area (Å²) in [6.07, 6.45) is 1.43. The smallest absolute Gasteiger partial charge is 0.266 e. The Morgan fingerprint density at radius 1 is 1.10 bits per heavy atom. The number of carbonyl (C=O) groups is 1. The van der Waals surface area contributed by atoms with Crippen LogP contribution in [-0.4, -0.2) is 5.91 Å². The minimum atomic E-state index is -0.516. The lowest BCUT2D eigenvalue weighted by atomic mass is 10.1. The number of halogens is 3. The fourth-order valence-corrected chi connectivity index (χ4v) is 3.66. The molecule has 3 aromatic carbocycles. The Balaban J connectivity index is 1.76. The van der Waals surface area contributed by atoms with Crippen LogP contribution >= 0.6 is 45.8 Å². The van der Waals surface area contributed by atoms with Crippen LogP contribution < -0.4 is 10.1 Å². The van der Waals surface area contributed by atoms with Gasteiger partial charge in [-0.05, 0) is 83.1 Å². The van der Waals surface area contributed by atoms with E-state index in [1.165, 1.54) is 6.08 Å². The van der Waals surface area contributed by atoms with Crippen LogP contribution in [0.25, 0.3) is 6.08 Å². The first kappa shape index (κ1) is 23.1. The second kappa shape index (κ2) is 10.7. The van der Waals surface area contributed by atoms with E-state index in [2.05, 4.69) is 27.9 Å². The molecule has 1 N–H and O–H groups in total. The summed E-state index contributed by atoms with van der Waals surface area (Å²) in [6, 6.07) is 20.3. The first-order valence-corrected chi connectivity index (χ1v) is 11.1. The molecule has 0 heterocycles. The molecule has 7 heteroatoms. The Morgan fingerprint density at radius 2 is 1.71 bits per heavy atom. The normalized spacial score (nSPS) is 11.0. The molecule has 3 aromatic rings. The Morgan fingerprint density at radius 3 is 2.29 bits per heavy atom. The van der Waals surface area contributed by atoms with Gasteiger partial charge in [-0.25, -0.2) is 0 Å². The first-order chi connectivity index (χ1) is 14.9. The topological polar surface area (TPSA) is 62.1 Å². The highest BCUT2D eigenvalue weighted by Gasteiger charge is 2.13. The number of nitriles is 1. The molecule has 0 aliphatic heterocycles. The first-order valence-electron chi connectivity index (χ1n) is 9.22. The second-order valence-electron chi connectivity index (χ2n) is 6.72. The molecular weight excluding hydrogens is 546 g/mol. The van der Waals surface area contributed by atoms with Gasteiger partial charge in [0.05, 0.1) is 10.0 Å². The maximum absolute atomic E-state index is 12.5. The second-order valence-corrected chi connectivity index (χ2v) is 8.78. The lowest BCUT2D eigenvalue weighted by Gasteiger charge is -2.11. The highest BCUT2D eigenvalue weighted by atomic mass is 127. The molecule has 0 aliphatic carbocycles. The zero-order valence-corrected chi connectivity index (χ0v) is 20.1. The number of hydrogen-bond donors (Lipinski definition) is 1. The predicted molar refractivity (Wildman–Crippen MR) is 133 cm³/mol. The third kappa shape index (κ3) is 6.47. The van der Waals surface area contributed by atoms with Crippen molar-refractivity contribution < 1.29 is 9.53 Å². The lowest BCUT2D eigenvalue weighted by Crippen LogP contribution is -2.13. The van der Waals surface area contributed by atoms with E-state index in [1.807, 2.05) is 49.4 Å². The lowest BCUT2D eigenvalue weighted by molar-refractivity contribution is -0.112. The highest BCUT2D eigenvalue weighted by molar-refractivity contribution is 14.1. The number of nitrogens with one attached hydrogen (secondary N) is 1. The Kier molecular flexibility index (Phi) is 7.97. The van der Waals surface area contributed by atoms with Crippen molar-refractivity contribution in [3.63, 3.8) is 0 Å². The summed E-state index contributed by atoms with van der Waals surface area (Å²) in [4.78, 5) is 12.5. The molecule has 0 aliphatic rings. The van der Waals surface area contributed by atoms with Crippen LogP contribution in [0.1, 0.15) is 16.7 Å². The fraction of sp³-hybridized carbons (Fsp3) is 0.0833. The monoisotopic (exact) mass is 562 g/mol. The molecule has 3 rings (SSSR count). The molecule has 31 heavy (non-hydrogen) atoms. The molecule has 0 aromatic heterocycles. The molecule has 0 saturated carbocycles. The average Bonchev–Trinajstić information content (AvgIpc) is 2.74. The van der Waals surface area contributed by atoms with E-state index in [-0.39, 0.29) is 5.57 Å². The van der Waals surface area contributed by atoms with Gasteiger partial charge >= 0.3 is 0 Å². The molecule has 0 bridgehead atoms.